The van der Waals surface area contributed by atoms with Crippen molar-refractivity contribution >= 4 is 11.9 Å². The van der Waals surface area contributed by atoms with E-state index in [0.717, 1.165) is 36.2 Å². The summed E-state index contributed by atoms with van der Waals surface area (Å²) in [5, 5.41) is 11.8. The van der Waals surface area contributed by atoms with Gasteiger partial charge in [0, 0.05) is 25.5 Å². The highest BCUT2D eigenvalue weighted by Gasteiger charge is 2.33. The Bertz CT molecular complexity index is 1000. The highest BCUT2D eigenvalue weighted by molar-refractivity contribution is 5.98. The molecular formula is C22H27N7O. The summed E-state index contributed by atoms with van der Waals surface area (Å²) in [6.07, 6.45) is 8.91. The molecule has 30 heavy (non-hydrogen) atoms. The van der Waals surface area contributed by atoms with Crippen molar-refractivity contribution in [2.24, 2.45) is 5.92 Å². The Hall–Kier alpha value is -3.29. The second-order valence-electron chi connectivity index (χ2n) is 7.94. The number of carbonyl (C=O) groups excluding carboxylic acids is 1. The molecule has 0 radical (unpaired) electrons. The number of carbonyl (C=O) groups is 1. The fourth-order valence-corrected chi connectivity index (χ4v) is 4.08. The highest BCUT2D eigenvalue weighted by atomic mass is 16.2. The number of rotatable bonds is 5. The molecule has 0 spiro atoms. The normalized spacial score (nSPS) is 19.0. The maximum atomic E-state index is 13.7. The van der Waals surface area contributed by atoms with E-state index in [2.05, 4.69) is 32.4 Å². The van der Waals surface area contributed by atoms with Gasteiger partial charge in [-0.1, -0.05) is 19.1 Å². The van der Waals surface area contributed by atoms with Crippen molar-refractivity contribution in [1.82, 2.24) is 29.9 Å². The van der Waals surface area contributed by atoms with Gasteiger partial charge in [0.25, 0.3) is 5.91 Å². The molecule has 1 aliphatic heterocycles. The van der Waals surface area contributed by atoms with Gasteiger partial charge < -0.3 is 10.2 Å². The number of piperidine rings is 1. The molecule has 156 valence electrons. The van der Waals surface area contributed by atoms with E-state index < -0.39 is 0 Å². The molecule has 0 aliphatic carbocycles. The molecular weight excluding hydrogens is 378 g/mol. The molecule has 0 saturated carbocycles. The van der Waals surface area contributed by atoms with Crippen LogP contribution < -0.4 is 5.32 Å². The smallest absolute Gasteiger partial charge is 0.256 e. The summed E-state index contributed by atoms with van der Waals surface area (Å²) >= 11 is 0. The lowest BCUT2D eigenvalue weighted by Gasteiger charge is -2.40. The number of para-hydroxylation sites is 1. The first-order valence-corrected chi connectivity index (χ1v) is 10.3. The standard InChI is InChI=1S/C22H27N7O/c1-15-12-23-22(24-13-15)25-14-19-16(2)7-5-11-28(19)21(30)18-8-4-6-17(3)20(18)29-26-9-10-27-29/h4,6,8-10,12-13,16,19H,5,7,11,14H2,1-3H3,(H,23,24,25). The molecule has 8 nitrogen and oxygen atoms in total. The number of benzene rings is 1. The van der Waals surface area contributed by atoms with Gasteiger partial charge in [-0.05, 0) is 49.8 Å². The lowest BCUT2D eigenvalue weighted by molar-refractivity contribution is 0.0539. The summed E-state index contributed by atoms with van der Waals surface area (Å²) < 4.78 is 0. The predicted molar refractivity (Wildman–Crippen MR) is 115 cm³/mol. The van der Waals surface area contributed by atoms with Crippen molar-refractivity contribution in [2.45, 2.75) is 39.7 Å². The van der Waals surface area contributed by atoms with Gasteiger partial charge in [-0.15, -0.1) is 0 Å². The molecule has 1 fully saturated rings. The number of nitrogens with zero attached hydrogens (tertiary/aromatic N) is 6. The highest BCUT2D eigenvalue weighted by Crippen LogP contribution is 2.27. The van der Waals surface area contributed by atoms with Crippen molar-refractivity contribution < 1.29 is 4.79 Å². The maximum Gasteiger partial charge on any atom is 0.256 e. The van der Waals surface area contributed by atoms with Gasteiger partial charge in [-0.25, -0.2) is 9.97 Å². The first-order valence-electron chi connectivity index (χ1n) is 10.3. The summed E-state index contributed by atoms with van der Waals surface area (Å²) in [6.45, 7) is 7.47. The summed E-state index contributed by atoms with van der Waals surface area (Å²) in [5.41, 5.74) is 3.34. The van der Waals surface area contributed by atoms with E-state index in [4.69, 9.17) is 0 Å². The first kappa shape index (κ1) is 20.0. The zero-order valence-corrected chi connectivity index (χ0v) is 17.6. The van der Waals surface area contributed by atoms with Crippen LogP contribution in [0.5, 0.6) is 0 Å². The molecule has 4 rings (SSSR count). The summed E-state index contributed by atoms with van der Waals surface area (Å²) in [6, 6.07) is 5.80. The van der Waals surface area contributed by atoms with Gasteiger partial charge >= 0.3 is 0 Å². The minimum atomic E-state index is 0.00849. The Labute approximate surface area is 176 Å². The van der Waals surface area contributed by atoms with Crippen molar-refractivity contribution in [1.29, 1.82) is 0 Å². The molecule has 1 aliphatic rings. The molecule has 3 heterocycles. The molecule has 1 aromatic carbocycles. The van der Waals surface area contributed by atoms with Gasteiger partial charge in [-0.2, -0.15) is 15.0 Å². The van der Waals surface area contributed by atoms with Crippen molar-refractivity contribution in [2.75, 3.05) is 18.4 Å². The van der Waals surface area contributed by atoms with Gasteiger partial charge in [0.1, 0.15) is 5.69 Å². The van der Waals surface area contributed by atoms with Crippen LogP contribution in [0.4, 0.5) is 5.95 Å². The quantitative estimate of drug-likeness (QED) is 0.702. The predicted octanol–water partition coefficient (Wildman–Crippen LogP) is 3.03. The average Bonchev–Trinajstić information content (AvgIpc) is 3.27. The van der Waals surface area contributed by atoms with Gasteiger partial charge in [0.2, 0.25) is 5.95 Å². The Balaban J connectivity index is 1.60. The largest absolute Gasteiger partial charge is 0.352 e. The Morgan fingerprint density at radius 2 is 1.90 bits per heavy atom. The number of hydrogen-bond acceptors (Lipinski definition) is 6. The monoisotopic (exact) mass is 405 g/mol. The molecule has 2 unspecified atom stereocenters. The van der Waals surface area contributed by atoms with E-state index in [1.54, 1.807) is 24.8 Å². The summed E-state index contributed by atoms with van der Waals surface area (Å²) in [5.74, 6) is 0.966. The molecule has 8 heteroatoms. The van der Waals surface area contributed by atoms with E-state index in [-0.39, 0.29) is 11.9 Å². The van der Waals surface area contributed by atoms with Gasteiger partial charge in [0.05, 0.1) is 24.0 Å². The SMILES string of the molecule is Cc1cnc(NCC2C(C)CCCN2C(=O)c2cccc(C)c2-n2nccn2)nc1. The fraction of sp³-hybridized carbons (Fsp3) is 0.409. The Kier molecular flexibility index (Phi) is 5.74. The molecule has 3 aromatic rings. The molecule has 1 N–H and O–H groups in total. The third-order valence-corrected chi connectivity index (χ3v) is 5.71. The van der Waals surface area contributed by atoms with Crippen LogP contribution in [-0.4, -0.2) is 54.9 Å². The first-order chi connectivity index (χ1) is 14.5. The number of anilines is 1. The van der Waals surface area contributed by atoms with Crippen LogP contribution in [0.2, 0.25) is 0 Å². The van der Waals surface area contributed by atoms with Crippen LogP contribution in [-0.2, 0) is 0 Å². The topological polar surface area (TPSA) is 88.8 Å². The van der Waals surface area contributed by atoms with E-state index in [9.17, 15) is 4.79 Å². The third kappa shape index (κ3) is 4.03. The Morgan fingerprint density at radius 3 is 2.63 bits per heavy atom. The molecule has 2 aromatic heterocycles. The lowest BCUT2D eigenvalue weighted by Crippen LogP contribution is -2.51. The van der Waals surface area contributed by atoms with Gasteiger partial charge in [-0.3, -0.25) is 4.79 Å². The van der Waals surface area contributed by atoms with Crippen LogP contribution in [0.15, 0.2) is 43.0 Å². The fourth-order valence-electron chi connectivity index (χ4n) is 4.08. The number of nitrogens with one attached hydrogen (secondary N) is 1. The number of likely N-dealkylation sites (tertiary alicyclic amines) is 1. The van der Waals surface area contributed by atoms with Crippen molar-refractivity contribution in [3.8, 4) is 5.69 Å². The minimum absolute atomic E-state index is 0.00849. The zero-order chi connectivity index (χ0) is 21.1. The van der Waals surface area contributed by atoms with Crippen LogP contribution >= 0.6 is 0 Å². The molecule has 1 saturated heterocycles. The molecule has 0 bridgehead atoms. The van der Waals surface area contributed by atoms with E-state index in [1.165, 1.54) is 4.80 Å². The van der Waals surface area contributed by atoms with Crippen LogP contribution in [0, 0.1) is 19.8 Å². The van der Waals surface area contributed by atoms with E-state index in [1.807, 2.05) is 36.9 Å². The zero-order valence-electron chi connectivity index (χ0n) is 17.6. The number of hydrogen-bond donors (Lipinski definition) is 1. The number of aromatic nitrogens is 5. The minimum Gasteiger partial charge on any atom is -0.352 e. The maximum absolute atomic E-state index is 13.7. The average molecular weight is 406 g/mol. The van der Waals surface area contributed by atoms with Gasteiger partial charge in [0.15, 0.2) is 0 Å². The second-order valence-corrected chi connectivity index (χ2v) is 7.94. The lowest BCUT2D eigenvalue weighted by atomic mass is 9.89. The van der Waals surface area contributed by atoms with Crippen LogP contribution in [0.25, 0.3) is 5.69 Å². The van der Waals surface area contributed by atoms with Crippen molar-refractivity contribution in [3.63, 3.8) is 0 Å². The Morgan fingerprint density at radius 1 is 1.17 bits per heavy atom. The number of amides is 1. The van der Waals surface area contributed by atoms with Crippen LogP contribution in [0.3, 0.4) is 0 Å². The molecule has 2 atom stereocenters. The van der Waals surface area contributed by atoms with E-state index >= 15 is 0 Å². The molecule has 1 amide bonds. The van der Waals surface area contributed by atoms with E-state index in [0.29, 0.717) is 24.0 Å². The third-order valence-electron chi connectivity index (χ3n) is 5.71. The summed E-state index contributed by atoms with van der Waals surface area (Å²) in [4.78, 5) is 25.9. The second kappa shape index (κ2) is 8.61. The van der Waals surface area contributed by atoms with Crippen LogP contribution in [0.1, 0.15) is 41.3 Å². The number of aryl methyl sites for hydroxylation is 2. The summed E-state index contributed by atoms with van der Waals surface area (Å²) in [7, 11) is 0. The van der Waals surface area contributed by atoms with Crippen molar-refractivity contribution in [3.05, 3.63) is 59.7 Å².